The number of aliphatic imine (C=N–C) groups is 1. The Labute approximate surface area is 217 Å². The van der Waals surface area contributed by atoms with Gasteiger partial charge < -0.3 is 19.1 Å². The first-order chi connectivity index (χ1) is 16.8. The van der Waals surface area contributed by atoms with E-state index in [0.717, 1.165) is 68.3 Å². The van der Waals surface area contributed by atoms with Crippen molar-refractivity contribution in [2.45, 2.75) is 33.6 Å². The normalized spacial score (nSPS) is 14.7. The van der Waals surface area contributed by atoms with Crippen LogP contribution in [0.15, 0.2) is 41.4 Å². The molecule has 0 bridgehead atoms. The topological polar surface area (TPSA) is 63.6 Å². The molecule has 190 valence electrons. The quantitative estimate of drug-likeness (QED) is 0.128. The fourth-order valence-electron chi connectivity index (χ4n) is 3.78. The van der Waals surface area contributed by atoms with E-state index in [1.54, 1.807) is 6.92 Å². The van der Waals surface area contributed by atoms with Crippen molar-refractivity contribution < 1.29 is 19.0 Å². The number of unbranched alkanes of at least 4 members (excludes halogenated alkanes) is 1. The summed E-state index contributed by atoms with van der Waals surface area (Å²) in [6.07, 6.45) is 2.04. The molecule has 0 aromatic heterocycles. The molecule has 0 amide bonds. The van der Waals surface area contributed by atoms with Crippen LogP contribution in [0.1, 0.15) is 32.3 Å². The third-order valence-electron chi connectivity index (χ3n) is 5.77. The Morgan fingerprint density at radius 2 is 1.80 bits per heavy atom. The molecule has 0 atom stereocenters. The van der Waals surface area contributed by atoms with E-state index in [0.29, 0.717) is 22.5 Å². The largest absolute Gasteiger partial charge is 0.494 e. The number of halogens is 2. The Kier molecular flexibility index (Phi) is 10.5. The number of ether oxygens (including phenoxy) is 3. The lowest BCUT2D eigenvalue weighted by Crippen LogP contribution is -2.46. The molecule has 1 saturated heterocycles. The Morgan fingerprint density at radius 3 is 2.54 bits per heavy atom. The van der Waals surface area contributed by atoms with Crippen molar-refractivity contribution >= 4 is 46.4 Å². The SMILES string of the molecule is CC(=O)OCOC(C)=Nc1cc(OCCCCN2CCN(c3cccc(Cl)c3Cl)CC2)ccc1C. The van der Waals surface area contributed by atoms with Crippen LogP contribution >= 0.6 is 23.2 Å². The summed E-state index contributed by atoms with van der Waals surface area (Å²) < 4.78 is 16.0. The van der Waals surface area contributed by atoms with E-state index in [4.69, 9.17) is 37.4 Å². The summed E-state index contributed by atoms with van der Waals surface area (Å²) in [5.74, 6) is 0.799. The third kappa shape index (κ3) is 8.60. The Bertz CT molecular complexity index is 1020. The van der Waals surface area contributed by atoms with Crippen LogP contribution in [0.3, 0.4) is 0 Å². The number of carbonyl (C=O) groups is 1. The number of aryl methyl sites for hydroxylation is 1. The van der Waals surface area contributed by atoms with Gasteiger partial charge in [0, 0.05) is 46.1 Å². The number of carbonyl (C=O) groups excluding carboxylic acids is 1. The molecule has 1 aliphatic rings. The summed E-state index contributed by atoms with van der Waals surface area (Å²) in [4.78, 5) is 20.1. The van der Waals surface area contributed by atoms with Crippen molar-refractivity contribution in [3.05, 3.63) is 52.0 Å². The van der Waals surface area contributed by atoms with Gasteiger partial charge in [0.2, 0.25) is 6.79 Å². The summed E-state index contributed by atoms with van der Waals surface area (Å²) in [6, 6.07) is 11.6. The van der Waals surface area contributed by atoms with Gasteiger partial charge in [-0.2, -0.15) is 0 Å². The summed E-state index contributed by atoms with van der Waals surface area (Å²) in [6.45, 7) is 10.4. The molecular formula is C26H33Cl2N3O4. The van der Waals surface area contributed by atoms with Gasteiger partial charge in [-0.25, -0.2) is 4.99 Å². The number of nitrogens with zero attached hydrogens (tertiary/aromatic N) is 3. The minimum absolute atomic E-state index is 0.149. The lowest BCUT2D eigenvalue weighted by Gasteiger charge is -2.36. The summed E-state index contributed by atoms with van der Waals surface area (Å²) in [5, 5.41) is 1.23. The van der Waals surface area contributed by atoms with Crippen molar-refractivity contribution in [2.75, 3.05) is 51.0 Å². The highest BCUT2D eigenvalue weighted by Gasteiger charge is 2.19. The van der Waals surface area contributed by atoms with E-state index in [1.807, 2.05) is 43.3 Å². The first kappa shape index (κ1) is 27.1. The molecule has 0 N–H and O–H groups in total. The van der Waals surface area contributed by atoms with Gasteiger partial charge in [-0.3, -0.25) is 9.69 Å². The van der Waals surface area contributed by atoms with Crippen LogP contribution in [0.25, 0.3) is 0 Å². The van der Waals surface area contributed by atoms with Crippen LogP contribution in [0, 0.1) is 6.92 Å². The van der Waals surface area contributed by atoms with Crippen molar-refractivity contribution in [2.24, 2.45) is 4.99 Å². The molecular weight excluding hydrogens is 489 g/mol. The molecule has 9 heteroatoms. The van der Waals surface area contributed by atoms with E-state index in [2.05, 4.69) is 14.8 Å². The van der Waals surface area contributed by atoms with Gasteiger partial charge in [0.1, 0.15) is 5.75 Å². The molecule has 1 aliphatic heterocycles. The van der Waals surface area contributed by atoms with Gasteiger partial charge in [0.25, 0.3) is 0 Å². The monoisotopic (exact) mass is 521 g/mol. The van der Waals surface area contributed by atoms with E-state index >= 15 is 0 Å². The number of benzene rings is 2. The lowest BCUT2D eigenvalue weighted by atomic mass is 10.2. The molecule has 0 unspecified atom stereocenters. The van der Waals surface area contributed by atoms with Gasteiger partial charge in [-0.05, 0) is 50.1 Å². The summed E-state index contributed by atoms with van der Waals surface area (Å²) in [5.41, 5.74) is 2.78. The third-order valence-corrected chi connectivity index (χ3v) is 6.58. The van der Waals surface area contributed by atoms with Gasteiger partial charge in [-0.15, -0.1) is 0 Å². The maximum atomic E-state index is 10.8. The molecule has 3 rings (SSSR count). The van der Waals surface area contributed by atoms with Gasteiger partial charge in [0.15, 0.2) is 5.90 Å². The molecule has 0 spiro atoms. The van der Waals surface area contributed by atoms with E-state index in [9.17, 15) is 4.79 Å². The van der Waals surface area contributed by atoms with E-state index < -0.39 is 5.97 Å². The fourth-order valence-corrected chi connectivity index (χ4v) is 4.19. The second kappa shape index (κ2) is 13.6. The van der Waals surface area contributed by atoms with Crippen molar-refractivity contribution in [1.82, 2.24) is 4.90 Å². The van der Waals surface area contributed by atoms with Crippen LogP contribution < -0.4 is 9.64 Å². The first-order valence-electron chi connectivity index (χ1n) is 11.8. The van der Waals surface area contributed by atoms with Crippen LogP contribution in [0.5, 0.6) is 5.75 Å². The molecule has 35 heavy (non-hydrogen) atoms. The Morgan fingerprint density at radius 1 is 1.03 bits per heavy atom. The highest BCUT2D eigenvalue weighted by molar-refractivity contribution is 6.43. The van der Waals surface area contributed by atoms with Crippen LogP contribution in [0.2, 0.25) is 10.0 Å². The zero-order valence-electron chi connectivity index (χ0n) is 20.6. The molecule has 0 radical (unpaired) electrons. The van der Waals surface area contributed by atoms with Gasteiger partial charge in [0.05, 0.1) is 28.0 Å². The number of anilines is 1. The second-order valence-electron chi connectivity index (χ2n) is 8.43. The molecule has 7 nitrogen and oxygen atoms in total. The molecule has 0 aliphatic carbocycles. The average molecular weight is 522 g/mol. The zero-order chi connectivity index (χ0) is 25.2. The first-order valence-corrected chi connectivity index (χ1v) is 12.6. The fraction of sp³-hybridized carbons (Fsp3) is 0.462. The smallest absolute Gasteiger partial charge is 0.305 e. The lowest BCUT2D eigenvalue weighted by molar-refractivity contribution is -0.148. The Balaban J connectivity index is 1.37. The summed E-state index contributed by atoms with van der Waals surface area (Å²) >= 11 is 12.5. The predicted molar refractivity (Wildman–Crippen MR) is 142 cm³/mol. The number of piperazine rings is 1. The van der Waals surface area contributed by atoms with Crippen molar-refractivity contribution in [3.8, 4) is 5.75 Å². The van der Waals surface area contributed by atoms with Crippen LogP contribution in [-0.2, 0) is 14.3 Å². The maximum Gasteiger partial charge on any atom is 0.305 e. The zero-order valence-corrected chi connectivity index (χ0v) is 22.1. The Hall–Kier alpha value is -2.48. The maximum absolute atomic E-state index is 10.8. The number of hydrogen-bond acceptors (Lipinski definition) is 7. The number of rotatable bonds is 10. The van der Waals surface area contributed by atoms with E-state index in [-0.39, 0.29) is 6.79 Å². The van der Waals surface area contributed by atoms with Gasteiger partial charge in [-0.1, -0.05) is 35.3 Å². The van der Waals surface area contributed by atoms with Gasteiger partial charge >= 0.3 is 5.97 Å². The minimum Gasteiger partial charge on any atom is -0.494 e. The second-order valence-corrected chi connectivity index (χ2v) is 9.22. The van der Waals surface area contributed by atoms with E-state index in [1.165, 1.54) is 6.92 Å². The summed E-state index contributed by atoms with van der Waals surface area (Å²) in [7, 11) is 0. The molecule has 2 aromatic carbocycles. The van der Waals surface area contributed by atoms with Crippen molar-refractivity contribution in [3.63, 3.8) is 0 Å². The predicted octanol–water partition coefficient (Wildman–Crippen LogP) is 5.87. The minimum atomic E-state index is -0.394. The average Bonchev–Trinajstić information content (AvgIpc) is 2.83. The number of hydrogen-bond donors (Lipinski definition) is 0. The highest BCUT2D eigenvalue weighted by atomic mass is 35.5. The number of esters is 1. The molecule has 2 aromatic rings. The molecule has 0 saturated carbocycles. The van der Waals surface area contributed by atoms with Crippen LogP contribution in [-0.4, -0.2) is 62.9 Å². The molecule has 1 heterocycles. The standard InChI is InChI=1S/C26H33Cl2N3O4/c1-19-9-10-22(17-24(19)29-20(2)34-18-35-21(3)32)33-16-5-4-11-30-12-14-31(15-13-30)25-8-6-7-23(27)26(25)28/h6-10,17H,4-5,11-16,18H2,1-3H3. The van der Waals surface area contributed by atoms with Crippen molar-refractivity contribution in [1.29, 1.82) is 0 Å². The molecule has 1 fully saturated rings. The highest BCUT2D eigenvalue weighted by Crippen LogP contribution is 2.33. The van der Waals surface area contributed by atoms with Crippen LogP contribution in [0.4, 0.5) is 11.4 Å².